The van der Waals surface area contributed by atoms with Gasteiger partial charge in [0.1, 0.15) is 0 Å². The molecule has 0 spiro atoms. The van der Waals surface area contributed by atoms with Crippen LogP contribution in [0.5, 0.6) is 0 Å². The van der Waals surface area contributed by atoms with Crippen LogP contribution in [0.3, 0.4) is 0 Å². The minimum Gasteiger partial charge on any atom is -0.481 e. The summed E-state index contributed by atoms with van der Waals surface area (Å²) < 4.78 is 0. The number of carboxylic acids is 1. The average molecular weight is 198 g/mol. The fraction of sp³-hybridized carbons (Fsp3) is 0.917. The van der Waals surface area contributed by atoms with Crippen LogP contribution in [0.25, 0.3) is 0 Å². The van der Waals surface area contributed by atoms with Crippen molar-refractivity contribution >= 4 is 5.97 Å². The Morgan fingerprint density at radius 1 is 1.36 bits per heavy atom. The summed E-state index contributed by atoms with van der Waals surface area (Å²) in [7, 11) is 0. The van der Waals surface area contributed by atoms with Gasteiger partial charge in [0.05, 0.1) is 5.92 Å². The number of rotatable bonds is 4. The van der Waals surface area contributed by atoms with Crippen LogP contribution in [0.15, 0.2) is 0 Å². The normalized spacial score (nSPS) is 34.4. The summed E-state index contributed by atoms with van der Waals surface area (Å²) in [6, 6.07) is 0. The molecule has 0 aromatic rings. The molecule has 1 rings (SSSR count). The first-order valence-electron chi connectivity index (χ1n) is 5.82. The Morgan fingerprint density at radius 3 is 2.43 bits per heavy atom. The van der Waals surface area contributed by atoms with Crippen molar-refractivity contribution in [2.24, 2.45) is 23.7 Å². The Hall–Kier alpha value is -0.530. The predicted molar refractivity (Wildman–Crippen MR) is 57.1 cm³/mol. The first-order chi connectivity index (χ1) is 6.60. The van der Waals surface area contributed by atoms with Crippen molar-refractivity contribution in [3.8, 4) is 0 Å². The SMILES string of the molecule is CCC1CC(CC)C(C(C)C(=O)O)C1. The van der Waals surface area contributed by atoms with Gasteiger partial charge < -0.3 is 5.11 Å². The van der Waals surface area contributed by atoms with E-state index in [9.17, 15) is 4.79 Å². The summed E-state index contributed by atoms with van der Waals surface area (Å²) in [6.45, 7) is 6.27. The van der Waals surface area contributed by atoms with Crippen molar-refractivity contribution in [2.75, 3.05) is 0 Å². The predicted octanol–water partition coefficient (Wildman–Crippen LogP) is 3.17. The molecule has 0 heterocycles. The van der Waals surface area contributed by atoms with Crippen LogP contribution in [-0.2, 0) is 4.79 Å². The first-order valence-corrected chi connectivity index (χ1v) is 5.82. The molecule has 4 unspecified atom stereocenters. The molecule has 0 aromatic heterocycles. The monoisotopic (exact) mass is 198 g/mol. The lowest BCUT2D eigenvalue weighted by molar-refractivity contribution is -0.143. The number of aliphatic carboxylic acids is 1. The van der Waals surface area contributed by atoms with Gasteiger partial charge in [-0.25, -0.2) is 0 Å². The average Bonchev–Trinajstić information content (AvgIpc) is 2.59. The van der Waals surface area contributed by atoms with Gasteiger partial charge in [-0.2, -0.15) is 0 Å². The van der Waals surface area contributed by atoms with Crippen molar-refractivity contribution in [3.05, 3.63) is 0 Å². The van der Waals surface area contributed by atoms with Crippen LogP contribution in [0, 0.1) is 23.7 Å². The van der Waals surface area contributed by atoms with Crippen LogP contribution < -0.4 is 0 Å². The summed E-state index contributed by atoms with van der Waals surface area (Å²) >= 11 is 0. The second-order valence-electron chi connectivity index (χ2n) is 4.70. The zero-order valence-electron chi connectivity index (χ0n) is 9.49. The van der Waals surface area contributed by atoms with E-state index in [2.05, 4.69) is 13.8 Å². The Balaban J connectivity index is 2.62. The Bertz CT molecular complexity index is 200. The van der Waals surface area contributed by atoms with Gasteiger partial charge >= 0.3 is 5.97 Å². The number of hydrogen-bond acceptors (Lipinski definition) is 1. The molecule has 1 aliphatic carbocycles. The van der Waals surface area contributed by atoms with E-state index >= 15 is 0 Å². The third kappa shape index (κ3) is 2.28. The maximum atomic E-state index is 10.9. The third-order valence-electron chi connectivity index (χ3n) is 3.98. The Kier molecular flexibility index (Phi) is 3.97. The molecule has 1 N–H and O–H groups in total. The molecule has 0 amide bonds. The molecule has 14 heavy (non-hydrogen) atoms. The highest BCUT2D eigenvalue weighted by Crippen LogP contribution is 2.43. The Morgan fingerprint density at radius 2 is 2.00 bits per heavy atom. The van der Waals surface area contributed by atoms with E-state index in [1.807, 2.05) is 6.92 Å². The fourth-order valence-corrected chi connectivity index (χ4v) is 2.87. The van der Waals surface area contributed by atoms with Gasteiger partial charge in [-0.3, -0.25) is 4.79 Å². The molecule has 2 nitrogen and oxygen atoms in total. The quantitative estimate of drug-likeness (QED) is 0.753. The van der Waals surface area contributed by atoms with E-state index in [4.69, 9.17) is 5.11 Å². The second-order valence-corrected chi connectivity index (χ2v) is 4.70. The van der Waals surface area contributed by atoms with E-state index in [-0.39, 0.29) is 5.92 Å². The van der Waals surface area contributed by atoms with Crippen molar-refractivity contribution in [1.29, 1.82) is 0 Å². The molecular formula is C12H22O2. The maximum absolute atomic E-state index is 10.9. The molecule has 1 fully saturated rings. The molecule has 0 saturated heterocycles. The van der Waals surface area contributed by atoms with Crippen molar-refractivity contribution in [2.45, 2.75) is 46.5 Å². The summed E-state index contributed by atoms with van der Waals surface area (Å²) in [5.41, 5.74) is 0. The van der Waals surface area contributed by atoms with Crippen molar-refractivity contribution in [1.82, 2.24) is 0 Å². The molecule has 0 radical (unpaired) electrons. The highest BCUT2D eigenvalue weighted by Gasteiger charge is 2.37. The summed E-state index contributed by atoms with van der Waals surface area (Å²) in [5.74, 6) is 1.06. The van der Waals surface area contributed by atoms with Gasteiger partial charge in [-0.1, -0.05) is 33.6 Å². The molecule has 1 saturated carbocycles. The Labute approximate surface area is 86.7 Å². The van der Waals surface area contributed by atoms with Crippen molar-refractivity contribution in [3.63, 3.8) is 0 Å². The molecule has 0 aliphatic heterocycles. The largest absolute Gasteiger partial charge is 0.481 e. The smallest absolute Gasteiger partial charge is 0.306 e. The number of carboxylic acid groups (broad SMARTS) is 1. The lowest BCUT2D eigenvalue weighted by Gasteiger charge is -2.21. The maximum Gasteiger partial charge on any atom is 0.306 e. The van der Waals surface area contributed by atoms with Crippen LogP contribution in [0.4, 0.5) is 0 Å². The van der Waals surface area contributed by atoms with Crippen LogP contribution in [-0.4, -0.2) is 11.1 Å². The molecule has 0 bridgehead atoms. The minimum absolute atomic E-state index is 0.156. The fourth-order valence-electron chi connectivity index (χ4n) is 2.87. The second kappa shape index (κ2) is 4.81. The van der Waals surface area contributed by atoms with Gasteiger partial charge in [-0.05, 0) is 30.6 Å². The van der Waals surface area contributed by atoms with E-state index in [0.29, 0.717) is 11.8 Å². The van der Waals surface area contributed by atoms with Crippen LogP contribution in [0.1, 0.15) is 46.5 Å². The molecule has 1 aliphatic rings. The van der Waals surface area contributed by atoms with E-state index < -0.39 is 5.97 Å². The lowest BCUT2D eigenvalue weighted by atomic mass is 9.83. The molecule has 82 valence electrons. The lowest BCUT2D eigenvalue weighted by Crippen LogP contribution is -2.23. The highest BCUT2D eigenvalue weighted by atomic mass is 16.4. The standard InChI is InChI=1S/C12H22O2/c1-4-9-6-10(5-2)11(7-9)8(3)12(13)14/h8-11H,4-7H2,1-3H3,(H,13,14). The van der Waals surface area contributed by atoms with Crippen LogP contribution >= 0.6 is 0 Å². The van der Waals surface area contributed by atoms with Gasteiger partial charge in [0, 0.05) is 0 Å². The number of hydrogen-bond donors (Lipinski definition) is 1. The third-order valence-corrected chi connectivity index (χ3v) is 3.98. The molecule has 2 heteroatoms. The highest BCUT2D eigenvalue weighted by molar-refractivity contribution is 5.69. The molecular weight excluding hydrogens is 176 g/mol. The van der Waals surface area contributed by atoms with E-state index in [0.717, 1.165) is 18.8 Å². The zero-order chi connectivity index (χ0) is 10.7. The summed E-state index contributed by atoms with van der Waals surface area (Å²) in [6.07, 6.45) is 4.72. The van der Waals surface area contributed by atoms with Gasteiger partial charge in [0.15, 0.2) is 0 Å². The van der Waals surface area contributed by atoms with Gasteiger partial charge in [-0.15, -0.1) is 0 Å². The van der Waals surface area contributed by atoms with E-state index in [1.165, 1.54) is 12.8 Å². The van der Waals surface area contributed by atoms with Gasteiger partial charge in [0.2, 0.25) is 0 Å². The van der Waals surface area contributed by atoms with E-state index in [1.54, 1.807) is 0 Å². The minimum atomic E-state index is -0.620. The van der Waals surface area contributed by atoms with Gasteiger partial charge in [0.25, 0.3) is 0 Å². The summed E-state index contributed by atoms with van der Waals surface area (Å²) in [4.78, 5) is 10.9. The van der Waals surface area contributed by atoms with Crippen molar-refractivity contribution < 1.29 is 9.90 Å². The van der Waals surface area contributed by atoms with Crippen LogP contribution in [0.2, 0.25) is 0 Å². The summed E-state index contributed by atoms with van der Waals surface area (Å²) in [5, 5.41) is 9.01. The molecule has 0 aromatic carbocycles. The topological polar surface area (TPSA) is 37.3 Å². The number of carbonyl (C=O) groups is 1. The zero-order valence-corrected chi connectivity index (χ0v) is 9.49. The first kappa shape index (κ1) is 11.5. The molecule has 4 atom stereocenters.